The van der Waals surface area contributed by atoms with Crippen molar-refractivity contribution in [3.05, 3.63) is 170 Å². The maximum Gasteiger partial charge on any atom is 0.0542 e. The molecular formula is C42H28N2. The van der Waals surface area contributed by atoms with Crippen LogP contribution < -0.4 is 0 Å². The van der Waals surface area contributed by atoms with E-state index in [1.807, 2.05) is 0 Å². The molecule has 0 fully saturated rings. The number of aromatic nitrogens is 2. The third-order valence-electron chi connectivity index (χ3n) is 8.92. The van der Waals surface area contributed by atoms with Gasteiger partial charge in [-0.25, -0.2) is 0 Å². The first-order valence-corrected chi connectivity index (χ1v) is 15.1. The number of fused-ring (bicyclic) bond motifs is 6. The molecule has 0 radical (unpaired) electrons. The summed E-state index contributed by atoms with van der Waals surface area (Å²) in [5.74, 6) is 0. The molecule has 2 nitrogen and oxygen atoms in total. The van der Waals surface area contributed by atoms with Crippen LogP contribution in [0, 0.1) is 0 Å². The SMILES string of the molecule is c1ccc(-c2ccc(-c3cccc(-n4c5ccccc5c5cc(-n6c7ccccc7c7ccccc76)ccc54)c3)cc2)cc1. The number of rotatable bonds is 4. The van der Waals surface area contributed by atoms with Crippen molar-refractivity contribution >= 4 is 43.6 Å². The van der Waals surface area contributed by atoms with Gasteiger partial charge in [0.25, 0.3) is 0 Å². The van der Waals surface area contributed by atoms with Gasteiger partial charge in [-0.05, 0) is 70.8 Å². The summed E-state index contributed by atoms with van der Waals surface area (Å²) >= 11 is 0. The van der Waals surface area contributed by atoms with Crippen molar-refractivity contribution in [2.75, 3.05) is 0 Å². The van der Waals surface area contributed by atoms with Gasteiger partial charge < -0.3 is 9.13 Å². The molecule has 0 aliphatic rings. The highest BCUT2D eigenvalue weighted by molar-refractivity contribution is 6.12. The van der Waals surface area contributed by atoms with Gasteiger partial charge in [-0.1, -0.05) is 121 Å². The summed E-state index contributed by atoms with van der Waals surface area (Å²) in [7, 11) is 0. The van der Waals surface area contributed by atoms with E-state index in [9.17, 15) is 0 Å². The zero-order valence-corrected chi connectivity index (χ0v) is 24.1. The van der Waals surface area contributed by atoms with Crippen LogP contribution in [-0.4, -0.2) is 9.13 Å². The summed E-state index contributed by atoms with van der Waals surface area (Å²) in [4.78, 5) is 0. The lowest BCUT2D eigenvalue weighted by molar-refractivity contribution is 1.17. The van der Waals surface area contributed by atoms with Crippen molar-refractivity contribution in [1.82, 2.24) is 9.13 Å². The molecule has 9 rings (SSSR count). The van der Waals surface area contributed by atoms with Crippen LogP contribution in [0.3, 0.4) is 0 Å². The fraction of sp³-hybridized carbons (Fsp3) is 0. The van der Waals surface area contributed by atoms with E-state index in [2.05, 4.69) is 179 Å². The van der Waals surface area contributed by atoms with Gasteiger partial charge in [0.2, 0.25) is 0 Å². The van der Waals surface area contributed by atoms with Gasteiger partial charge in [0.1, 0.15) is 0 Å². The second-order valence-electron chi connectivity index (χ2n) is 11.4. The summed E-state index contributed by atoms with van der Waals surface area (Å²) in [6.45, 7) is 0. The van der Waals surface area contributed by atoms with Crippen LogP contribution >= 0.6 is 0 Å². The zero-order valence-electron chi connectivity index (χ0n) is 24.1. The molecule has 0 amide bonds. The molecule has 0 saturated carbocycles. The van der Waals surface area contributed by atoms with Crippen molar-refractivity contribution in [3.8, 4) is 33.6 Å². The average Bonchev–Trinajstić information content (AvgIpc) is 3.61. The maximum absolute atomic E-state index is 2.40. The molecule has 0 spiro atoms. The van der Waals surface area contributed by atoms with E-state index in [4.69, 9.17) is 0 Å². The van der Waals surface area contributed by atoms with Crippen LogP contribution in [-0.2, 0) is 0 Å². The molecule has 44 heavy (non-hydrogen) atoms. The Morgan fingerprint density at radius 1 is 0.250 bits per heavy atom. The van der Waals surface area contributed by atoms with Gasteiger partial charge in [0, 0.05) is 32.9 Å². The summed E-state index contributed by atoms with van der Waals surface area (Å²) in [5, 5.41) is 5.05. The van der Waals surface area contributed by atoms with Crippen molar-refractivity contribution in [2.24, 2.45) is 0 Å². The Morgan fingerprint density at radius 2 is 0.682 bits per heavy atom. The van der Waals surface area contributed by atoms with Crippen LogP contribution in [0.4, 0.5) is 0 Å². The van der Waals surface area contributed by atoms with Gasteiger partial charge in [-0.2, -0.15) is 0 Å². The van der Waals surface area contributed by atoms with Gasteiger partial charge in [-0.3, -0.25) is 0 Å². The molecular weight excluding hydrogens is 532 g/mol. The van der Waals surface area contributed by atoms with Crippen LogP contribution in [0.25, 0.3) is 77.2 Å². The predicted octanol–water partition coefficient (Wildman–Crippen LogP) is 11.2. The number of hydrogen-bond donors (Lipinski definition) is 0. The zero-order chi connectivity index (χ0) is 29.0. The lowest BCUT2D eigenvalue weighted by Crippen LogP contribution is -1.96. The third-order valence-corrected chi connectivity index (χ3v) is 8.92. The summed E-state index contributed by atoms with van der Waals surface area (Å²) in [5.41, 5.74) is 12.1. The number of benzene rings is 7. The summed E-state index contributed by atoms with van der Waals surface area (Å²) < 4.78 is 4.80. The molecule has 206 valence electrons. The molecule has 2 heterocycles. The largest absolute Gasteiger partial charge is 0.309 e. The molecule has 0 atom stereocenters. The first kappa shape index (κ1) is 24.7. The van der Waals surface area contributed by atoms with Gasteiger partial charge >= 0.3 is 0 Å². The molecule has 0 saturated heterocycles. The molecule has 2 heteroatoms. The third kappa shape index (κ3) is 3.82. The monoisotopic (exact) mass is 560 g/mol. The quantitative estimate of drug-likeness (QED) is 0.203. The Kier molecular flexibility index (Phi) is 5.54. The molecule has 2 aromatic heterocycles. The van der Waals surface area contributed by atoms with Crippen molar-refractivity contribution in [2.45, 2.75) is 0 Å². The van der Waals surface area contributed by atoms with E-state index >= 15 is 0 Å². The van der Waals surface area contributed by atoms with E-state index in [1.165, 1.54) is 71.6 Å². The minimum absolute atomic E-state index is 1.16. The van der Waals surface area contributed by atoms with E-state index in [1.54, 1.807) is 0 Å². The van der Waals surface area contributed by atoms with Crippen LogP contribution in [0.1, 0.15) is 0 Å². The van der Waals surface area contributed by atoms with Gasteiger partial charge in [0.15, 0.2) is 0 Å². The van der Waals surface area contributed by atoms with E-state index < -0.39 is 0 Å². The fourth-order valence-corrected chi connectivity index (χ4v) is 6.89. The number of para-hydroxylation sites is 3. The fourth-order valence-electron chi connectivity index (χ4n) is 6.89. The molecule has 7 aromatic carbocycles. The van der Waals surface area contributed by atoms with Crippen molar-refractivity contribution < 1.29 is 0 Å². The molecule has 0 aliphatic carbocycles. The second kappa shape index (κ2) is 9.86. The van der Waals surface area contributed by atoms with Crippen molar-refractivity contribution in [1.29, 1.82) is 0 Å². The Hall–Kier alpha value is -5.86. The topological polar surface area (TPSA) is 9.86 Å². The smallest absolute Gasteiger partial charge is 0.0542 e. The van der Waals surface area contributed by atoms with E-state index in [0.29, 0.717) is 0 Å². The standard InChI is InChI=1S/C42H28N2/c1-2-11-29(12-3-1)30-21-23-31(24-22-30)32-13-10-14-33(27-32)43-41-20-9-6-17-37(41)38-28-34(25-26-42(38)43)44-39-18-7-4-15-35(39)36-16-5-8-19-40(36)44/h1-28H. The maximum atomic E-state index is 2.40. The van der Waals surface area contributed by atoms with Crippen molar-refractivity contribution in [3.63, 3.8) is 0 Å². The molecule has 0 unspecified atom stereocenters. The van der Waals surface area contributed by atoms with Crippen LogP contribution in [0.15, 0.2) is 170 Å². The Labute approximate surface area is 255 Å². The minimum atomic E-state index is 1.16. The summed E-state index contributed by atoms with van der Waals surface area (Å²) in [6.07, 6.45) is 0. The number of hydrogen-bond acceptors (Lipinski definition) is 0. The lowest BCUT2D eigenvalue weighted by Gasteiger charge is -2.12. The molecule has 0 N–H and O–H groups in total. The van der Waals surface area contributed by atoms with Crippen LogP contribution in [0.2, 0.25) is 0 Å². The first-order chi connectivity index (χ1) is 21.8. The summed E-state index contributed by atoms with van der Waals surface area (Å²) in [6, 6.07) is 61.4. The molecule has 9 aromatic rings. The Bertz CT molecular complexity index is 2420. The second-order valence-corrected chi connectivity index (χ2v) is 11.4. The highest BCUT2D eigenvalue weighted by atomic mass is 15.0. The van der Waals surface area contributed by atoms with E-state index in [0.717, 1.165) is 5.69 Å². The van der Waals surface area contributed by atoms with Crippen LogP contribution in [0.5, 0.6) is 0 Å². The van der Waals surface area contributed by atoms with E-state index in [-0.39, 0.29) is 0 Å². The number of nitrogens with zero attached hydrogens (tertiary/aromatic N) is 2. The molecule has 0 bridgehead atoms. The Balaban J connectivity index is 1.20. The highest BCUT2D eigenvalue weighted by Crippen LogP contribution is 2.37. The first-order valence-electron chi connectivity index (χ1n) is 15.1. The Morgan fingerprint density at radius 3 is 1.30 bits per heavy atom. The molecule has 0 aliphatic heterocycles. The van der Waals surface area contributed by atoms with Gasteiger partial charge in [0.05, 0.1) is 22.1 Å². The lowest BCUT2D eigenvalue weighted by atomic mass is 10.00. The van der Waals surface area contributed by atoms with Gasteiger partial charge in [-0.15, -0.1) is 0 Å². The average molecular weight is 561 g/mol. The predicted molar refractivity (Wildman–Crippen MR) is 186 cm³/mol. The minimum Gasteiger partial charge on any atom is -0.309 e. The highest BCUT2D eigenvalue weighted by Gasteiger charge is 2.16. The normalized spacial score (nSPS) is 11.6.